The van der Waals surface area contributed by atoms with E-state index in [1.165, 1.54) is 5.56 Å². The quantitative estimate of drug-likeness (QED) is 0.628. The van der Waals surface area contributed by atoms with E-state index in [9.17, 15) is 0 Å². The summed E-state index contributed by atoms with van der Waals surface area (Å²) in [6.07, 6.45) is 0.937. The summed E-state index contributed by atoms with van der Waals surface area (Å²) in [5, 5.41) is 0.0925. The van der Waals surface area contributed by atoms with Crippen molar-refractivity contribution in [2.24, 2.45) is 0 Å². The number of rotatable bonds is 1. The highest BCUT2D eigenvalue weighted by molar-refractivity contribution is 6.21. The fourth-order valence-electron chi connectivity index (χ4n) is 1.77. The summed E-state index contributed by atoms with van der Waals surface area (Å²) < 4.78 is 5.71. The molecule has 2 rings (SSSR count). The largest absolute Gasteiger partial charge is 0.369 e. The Labute approximate surface area is 83.7 Å². The van der Waals surface area contributed by atoms with E-state index < -0.39 is 0 Å². The number of ether oxygens (including phenoxy) is 1. The van der Waals surface area contributed by atoms with Crippen molar-refractivity contribution >= 4 is 11.6 Å². The molecule has 2 unspecified atom stereocenters. The first-order chi connectivity index (χ1) is 6.23. The Morgan fingerprint density at radius 2 is 2.08 bits per heavy atom. The maximum atomic E-state index is 6.23. The lowest BCUT2D eigenvalue weighted by atomic mass is 9.93. The molecule has 0 spiro atoms. The number of halogens is 1. The van der Waals surface area contributed by atoms with E-state index >= 15 is 0 Å². The Morgan fingerprint density at radius 3 is 2.62 bits per heavy atom. The third-order valence-electron chi connectivity index (χ3n) is 2.72. The molecule has 2 atom stereocenters. The van der Waals surface area contributed by atoms with Crippen molar-refractivity contribution in [3.63, 3.8) is 0 Å². The Bertz CT molecular complexity index is 285. The van der Waals surface area contributed by atoms with Crippen LogP contribution in [0.4, 0.5) is 0 Å². The normalized spacial score (nSPS) is 33.5. The average Bonchev–Trinajstić information content (AvgIpc) is 2.50. The molecule has 1 aromatic rings. The van der Waals surface area contributed by atoms with Crippen LogP contribution in [0.2, 0.25) is 0 Å². The van der Waals surface area contributed by atoms with Crippen LogP contribution in [0, 0.1) is 0 Å². The van der Waals surface area contributed by atoms with Crippen LogP contribution in [0.1, 0.15) is 18.9 Å². The molecule has 70 valence electrons. The predicted molar refractivity (Wildman–Crippen MR) is 54.0 cm³/mol. The Hall–Kier alpha value is -0.530. The van der Waals surface area contributed by atoms with Gasteiger partial charge in [0.1, 0.15) is 5.60 Å². The Kier molecular flexibility index (Phi) is 2.31. The molecule has 0 amide bonds. The van der Waals surface area contributed by atoms with Gasteiger partial charge in [-0.2, -0.15) is 0 Å². The van der Waals surface area contributed by atoms with Gasteiger partial charge in [-0.05, 0) is 18.9 Å². The van der Waals surface area contributed by atoms with Crippen LogP contribution in [-0.4, -0.2) is 12.0 Å². The van der Waals surface area contributed by atoms with Gasteiger partial charge in [0.25, 0.3) is 0 Å². The molecule has 2 heteroatoms. The van der Waals surface area contributed by atoms with Crippen molar-refractivity contribution in [2.75, 3.05) is 6.61 Å². The van der Waals surface area contributed by atoms with Gasteiger partial charge in [-0.25, -0.2) is 0 Å². The fraction of sp³-hybridized carbons (Fsp3) is 0.455. The molecular weight excluding hydrogens is 184 g/mol. The number of benzene rings is 1. The van der Waals surface area contributed by atoms with E-state index in [0.717, 1.165) is 13.0 Å². The first-order valence-electron chi connectivity index (χ1n) is 4.57. The van der Waals surface area contributed by atoms with E-state index in [-0.39, 0.29) is 11.0 Å². The predicted octanol–water partition coefficient (Wildman–Crippen LogP) is 2.93. The third kappa shape index (κ3) is 1.47. The van der Waals surface area contributed by atoms with E-state index in [0.29, 0.717) is 0 Å². The average molecular weight is 197 g/mol. The Balaban J connectivity index is 2.34. The summed E-state index contributed by atoms with van der Waals surface area (Å²) in [5.41, 5.74) is 0.885. The van der Waals surface area contributed by atoms with Crippen LogP contribution in [-0.2, 0) is 10.3 Å². The zero-order valence-corrected chi connectivity index (χ0v) is 8.42. The monoisotopic (exact) mass is 196 g/mol. The van der Waals surface area contributed by atoms with Crippen LogP contribution in [0.25, 0.3) is 0 Å². The van der Waals surface area contributed by atoms with Crippen molar-refractivity contribution in [2.45, 2.75) is 24.3 Å². The molecule has 0 radical (unpaired) electrons. The van der Waals surface area contributed by atoms with E-state index in [1.807, 2.05) is 18.2 Å². The van der Waals surface area contributed by atoms with Gasteiger partial charge >= 0.3 is 0 Å². The number of alkyl halides is 1. The minimum absolute atomic E-state index is 0.0925. The molecule has 0 saturated carbocycles. The van der Waals surface area contributed by atoms with Crippen molar-refractivity contribution in [1.29, 1.82) is 0 Å². The standard InChI is InChI=1S/C11H13ClO/c1-11(10(12)7-8-13-11)9-5-3-2-4-6-9/h2-6,10H,7-8H2,1H3. The van der Waals surface area contributed by atoms with E-state index in [4.69, 9.17) is 16.3 Å². The van der Waals surface area contributed by atoms with Gasteiger partial charge in [0.05, 0.1) is 5.38 Å². The summed E-state index contributed by atoms with van der Waals surface area (Å²) in [6.45, 7) is 2.83. The SMILES string of the molecule is CC1(c2ccccc2)OCCC1Cl. The topological polar surface area (TPSA) is 9.23 Å². The molecule has 1 aliphatic rings. The smallest absolute Gasteiger partial charge is 0.107 e. The van der Waals surface area contributed by atoms with Gasteiger partial charge in [0, 0.05) is 6.61 Å². The van der Waals surface area contributed by atoms with Crippen LogP contribution in [0.15, 0.2) is 30.3 Å². The summed E-state index contributed by atoms with van der Waals surface area (Å²) in [6, 6.07) is 10.2. The molecule has 0 N–H and O–H groups in total. The first-order valence-corrected chi connectivity index (χ1v) is 5.01. The van der Waals surface area contributed by atoms with Crippen molar-refractivity contribution in [3.05, 3.63) is 35.9 Å². The van der Waals surface area contributed by atoms with Crippen LogP contribution in [0.3, 0.4) is 0 Å². The Morgan fingerprint density at radius 1 is 1.38 bits per heavy atom. The molecule has 1 saturated heterocycles. The summed E-state index contributed by atoms with van der Waals surface area (Å²) in [5.74, 6) is 0. The van der Waals surface area contributed by atoms with Crippen LogP contribution in [0.5, 0.6) is 0 Å². The summed E-state index contributed by atoms with van der Waals surface area (Å²) in [4.78, 5) is 0. The summed E-state index contributed by atoms with van der Waals surface area (Å²) >= 11 is 6.23. The molecule has 0 bridgehead atoms. The van der Waals surface area contributed by atoms with Crippen molar-refractivity contribution in [3.8, 4) is 0 Å². The molecule has 1 fully saturated rings. The van der Waals surface area contributed by atoms with Crippen molar-refractivity contribution in [1.82, 2.24) is 0 Å². The molecule has 1 aliphatic heterocycles. The zero-order valence-electron chi connectivity index (χ0n) is 7.66. The summed E-state index contributed by atoms with van der Waals surface area (Å²) in [7, 11) is 0. The lowest BCUT2D eigenvalue weighted by Gasteiger charge is -2.27. The second kappa shape index (κ2) is 3.32. The van der Waals surface area contributed by atoms with Crippen LogP contribution < -0.4 is 0 Å². The highest BCUT2D eigenvalue weighted by Crippen LogP contribution is 2.38. The maximum absolute atomic E-state index is 6.23. The molecule has 13 heavy (non-hydrogen) atoms. The molecule has 1 aromatic carbocycles. The van der Waals surface area contributed by atoms with Gasteiger partial charge in [0.15, 0.2) is 0 Å². The zero-order chi connectivity index (χ0) is 9.31. The highest BCUT2D eigenvalue weighted by Gasteiger charge is 2.40. The van der Waals surface area contributed by atoms with Gasteiger partial charge in [-0.1, -0.05) is 30.3 Å². The second-order valence-electron chi connectivity index (χ2n) is 3.58. The number of hydrogen-bond donors (Lipinski definition) is 0. The molecule has 1 heterocycles. The van der Waals surface area contributed by atoms with Gasteiger partial charge in [-0.3, -0.25) is 0 Å². The molecule has 1 nitrogen and oxygen atoms in total. The minimum Gasteiger partial charge on any atom is -0.369 e. The molecular formula is C11H13ClO. The maximum Gasteiger partial charge on any atom is 0.107 e. The fourth-order valence-corrected chi connectivity index (χ4v) is 2.05. The van der Waals surface area contributed by atoms with Gasteiger partial charge in [0.2, 0.25) is 0 Å². The van der Waals surface area contributed by atoms with Crippen molar-refractivity contribution < 1.29 is 4.74 Å². The minimum atomic E-state index is -0.289. The lowest BCUT2D eigenvalue weighted by molar-refractivity contribution is 0.0187. The van der Waals surface area contributed by atoms with Gasteiger partial charge in [-0.15, -0.1) is 11.6 Å². The third-order valence-corrected chi connectivity index (χ3v) is 3.35. The molecule has 0 aromatic heterocycles. The first kappa shape index (κ1) is 9.04. The number of hydrogen-bond acceptors (Lipinski definition) is 1. The van der Waals surface area contributed by atoms with E-state index in [1.54, 1.807) is 0 Å². The van der Waals surface area contributed by atoms with E-state index in [2.05, 4.69) is 19.1 Å². The highest BCUT2D eigenvalue weighted by atomic mass is 35.5. The van der Waals surface area contributed by atoms with Gasteiger partial charge < -0.3 is 4.74 Å². The lowest BCUT2D eigenvalue weighted by Crippen LogP contribution is -2.29. The van der Waals surface area contributed by atoms with Crippen LogP contribution >= 0.6 is 11.6 Å². The molecule has 0 aliphatic carbocycles. The second-order valence-corrected chi connectivity index (χ2v) is 4.10.